The average Bonchev–Trinajstić information content (AvgIpc) is 3.36. The van der Waals surface area contributed by atoms with E-state index in [4.69, 9.17) is 18.5 Å². The normalized spacial score (nSPS) is 13.1. The number of unbranched alkanes of at least 4 members (excludes halogenated alkanes) is 42. The third kappa shape index (κ3) is 60.9. The van der Waals surface area contributed by atoms with Crippen LogP contribution in [0, 0.1) is 0 Å². The van der Waals surface area contributed by atoms with Gasteiger partial charge in [-0.25, -0.2) is 0 Å². The summed E-state index contributed by atoms with van der Waals surface area (Å²) in [6.07, 6.45) is 60.1. The van der Waals surface area contributed by atoms with Crippen molar-refractivity contribution < 1.29 is 42.1 Å². The molecule has 74 heavy (non-hydrogen) atoms. The minimum atomic E-state index is -4.64. The summed E-state index contributed by atoms with van der Waals surface area (Å²) >= 11 is 3.50. The lowest BCUT2D eigenvalue weighted by Crippen LogP contribution is -2.37. The Balaban J connectivity index is 4.02. The number of ether oxygens (including phenoxy) is 2. The highest BCUT2D eigenvalue weighted by Crippen LogP contribution is 2.38. The highest BCUT2D eigenvalue weighted by Gasteiger charge is 2.22. The minimum absolute atomic E-state index is 0.0300. The second-order valence-corrected chi connectivity index (χ2v) is 26.8. The summed E-state index contributed by atoms with van der Waals surface area (Å²) in [4.78, 5) is 37.9. The Hall–Kier alpha value is -0.290. The van der Waals surface area contributed by atoms with Gasteiger partial charge in [0.2, 0.25) is 0 Å². The van der Waals surface area contributed by atoms with Crippen molar-refractivity contribution in [1.82, 2.24) is 0 Å². The lowest BCUT2D eigenvalue weighted by Gasteiger charge is -2.28. The predicted octanol–water partition coefficient (Wildman–Crippen LogP) is 19.1. The SMILES string of the molecule is CCCCCCCCCCCCCCCCCCCCCCCCSCCC(=O)OCC(COP(=O)([O-])OCC[N+](C)(C)C)OC(=O)CCSCCCCCCCCCCCCCCCCCCCCCCCC. The predicted molar refractivity (Wildman–Crippen MR) is 322 cm³/mol. The van der Waals surface area contributed by atoms with Crippen LogP contribution in [-0.2, 0) is 32.7 Å². The zero-order valence-electron chi connectivity index (χ0n) is 49.7. The Morgan fingerprint density at radius 3 is 0.986 bits per heavy atom. The van der Waals surface area contributed by atoms with Gasteiger partial charge in [-0.3, -0.25) is 14.2 Å². The molecule has 0 saturated carbocycles. The maximum absolute atomic E-state index is 12.8. The van der Waals surface area contributed by atoms with Gasteiger partial charge in [-0.05, 0) is 24.3 Å². The molecule has 0 bridgehead atoms. The standard InChI is InChI=1S/C62H124NO8PS2/c1-6-8-10-12-14-16-18-20-22-24-26-28-30-32-34-36-38-40-42-44-46-48-54-73-56-50-61(64)68-58-60(59-70-72(66,67)69-53-52-63(3,4)5)71-62(65)51-57-74-55-49-47-45-43-41-39-37-35-33-31-29-27-25-23-21-19-17-15-13-11-9-7-2/h60H,6-59H2,1-5H3. The van der Waals surface area contributed by atoms with Gasteiger partial charge in [-0.2, -0.15) is 23.5 Å². The second-order valence-electron chi connectivity index (χ2n) is 23.0. The maximum Gasteiger partial charge on any atom is 0.307 e. The number of esters is 2. The summed E-state index contributed by atoms with van der Waals surface area (Å²) < 4.78 is 34.2. The first-order valence-electron chi connectivity index (χ1n) is 31.9. The van der Waals surface area contributed by atoms with Gasteiger partial charge in [0.05, 0.1) is 40.6 Å². The Bertz CT molecular complexity index is 1230. The van der Waals surface area contributed by atoms with E-state index in [1.807, 2.05) is 21.1 Å². The number of thioether (sulfide) groups is 2. The maximum atomic E-state index is 12.8. The van der Waals surface area contributed by atoms with Crippen molar-refractivity contribution >= 4 is 43.3 Å². The van der Waals surface area contributed by atoms with Crippen LogP contribution in [0.2, 0.25) is 0 Å². The Morgan fingerprint density at radius 2 is 0.689 bits per heavy atom. The van der Waals surface area contributed by atoms with E-state index in [1.54, 1.807) is 23.5 Å². The molecule has 0 radical (unpaired) electrons. The van der Waals surface area contributed by atoms with E-state index in [-0.39, 0.29) is 26.1 Å². The van der Waals surface area contributed by atoms with Crippen LogP contribution in [0.15, 0.2) is 0 Å². The third-order valence-corrected chi connectivity index (χ3v) is 17.4. The van der Waals surface area contributed by atoms with Crippen molar-refractivity contribution in [3.8, 4) is 0 Å². The number of hydrogen-bond acceptors (Lipinski definition) is 10. The van der Waals surface area contributed by atoms with E-state index in [0.717, 1.165) is 24.3 Å². The van der Waals surface area contributed by atoms with Gasteiger partial charge in [-0.15, -0.1) is 0 Å². The molecule has 0 fully saturated rings. The smallest absolute Gasteiger partial charge is 0.307 e. The molecular formula is C62H124NO8PS2. The number of carbonyl (C=O) groups is 2. The molecule has 2 atom stereocenters. The zero-order chi connectivity index (χ0) is 54.2. The van der Waals surface area contributed by atoms with Gasteiger partial charge >= 0.3 is 11.9 Å². The number of carbonyl (C=O) groups excluding carboxylic acids is 2. The zero-order valence-corrected chi connectivity index (χ0v) is 52.3. The van der Waals surface area contributed by atoms with Crippen LogP contribution in [0.25, 0.3) is 0 Å². The van der Waals surface area contributed by atoms with Crippen LogP contribution < -0.4 is 4.89 Å². The van der Waals surface area contributed by atoms with Gasteiger partial charge < -0.3 is 27.9 Å². The number of rotatable bonds is 62. The number of phosphoric ester groups is 1. The topological polar surface area (TPSA) is 111 Å². The summed E-state index contributed by atoms with van der Waals surface area (Å²) in [7, 11) is 1.18. The Kier molecular flexibility index (Phi) is 57.2. The van der Waals surface area contributed by atoms with Gasteiger partial charge in [0.25, 0.3) is 7.82 Å². The molecule has 0 aliphatic carbocycles. The minimum Gasteiger partial charge on any atom is -0.756 e. The number of phosphoric acid groups is 1. The molecular weight excluding hydrogens is 982 g/mol. The Labute approximate surface area is 468 Å². The first-order chi connectivity index (χ1) is 36.0. The van der Waals surface area contributed by atoms with Crippen LogP contribution in [0.5, 0.6) is 0 Å². The van der Waals surface area contributed by atoms with E-state index in [9.17, 15) is 19.0 Å². The van der Waals surface area contributed by atoms with Crippen LogP contribution in [0.3, 0.4) is 0 Å². The molecule has 0 N–H and O–H groups in total. The fourth-order valence-electron chi connectivity index (χ4n) is 9.40. The molecule has 0 spiro atoms. The van der Waals surface area contributed by atoms with Crippen molar-refractivity contribution in [2.24, 2.45) is 0 Å². The summed E-state index contributed by atoms with van der Waals surface area (Å²) in [5, 5.41) is 0. The van der Waals surface area contributed by atoms with E-state index in [0.29, 0.717) is 22.5 Å². The molecule has 0 aromatic heterocycles. The van der Waals surface area contributed by atoms with Crippen LogP contribution in [0.4, 0.5) is 0 Å². The highest BCUT2D eigenvalue weighted by atomic mass is 32.2. The average molecular weight is 1110 g/mol. The van der Waals surface area contributed by atoms with Gasteiger partial charge in [0, 0.05) is 11.5 Å². The lowest BCUT2D eigenvalue weighted by atomic mass is 10.0. The molecule has 0 aliphatic heterocycles. The molecule has 0 aliphatic rings. The van der Waals surface area contributed by atoms with Gasteiger partial charge in [0.1, 0.15) is 19.8 Å². The summed E-state index contributed by atoms with van der Waals surface area (Å²) in [5.41, 5.74) is 0. The molecule has 0 aromatic carbocycles. The molecule has 0 saturated heterocycles. The van der Waals surface area contributed by atoms with Crippen molar-refractivity contribution in [3.63, 3.8) is 0 Å². The van der Waals surface area contributed by atoms with E-state index < -0.39 is 32.5 Å². The monoisotopic (exact) mass is 1110 g/mol. The molecule has 2 unspecified atom stereocenters. The number of quaternary nitrogens is 1. The van der Waals surface area contributed by atoms with Crippen LogP contribution in [-0.4, -0.2) is 93.0 Å². The quantitative estimate of drug-likeness (QED) is 0.0253. The van der Waals surface area contributed by atoms with Gasteiger partial charge in [0.15, 0.2) is 6.10 Å². The fourth-order valence-corrected chi connectivity index (χ4v) is 12.0. The molecule has 12 heteroatoms. The second kappa shape index (κ2) is 57.4. The molecule has 9 nitrogen and oxygen atoms in total. The summed E-state index contributed by atoms with van der Waals surface area (Å²) in [5.74, 6) is 2.44. The fraction of sp³-hybridized carbons (Fsp3) is 0.968. The van der Waals surface area contributed by atoms with Gasteiger partial charge in [-0.1, -0.05) is 284 Å². The summed E-state index contributed by atoms with van der Waals surface area (Å²) in [6.45, 7) is 4.29. The molecule has 0 amide bonds. The third-order valence-electron chi connectivity index (χ3n) is 14.3. The van der Waals surface area contributed by atoms with E-state index in [2.05, 4.69) is 13.8 Å². The molecule has 442 valence electrons. The molecule has 0 rings (SSSR count). The highest BCUT2D eigenvalue weighted by molar-refractivity contribution is 7.99. The van der Waals surface area contributed by atoms with E-state index in [1.165, 1.54) is 270 Å². The first-order valence-corrected chi connectivity index (χ1v) is 35.7. The van der Waals surface area contributed by atoms with Crippen molar-refractivity contribution in [2.75, 3.05) is 70.5 Å². The van der Waals surface area contributed by atoms with Crippen LogP contribution >= 0.6 is 31.3 Å². The summed E-state index contributed by atoms with van der Waals surface area (Å²) in [6, 6.07) is 0. The van der Waals surface area contributed by atoms with Crippen molar-refractivity contribution in [2.45, 2.75) is 315 Å². The van der Waals surface area contributed by atoms with Crippen molar-refractivity contribution in [1.29, 1.82) is 0 Å². The number of hydrogen-bond donors (Lipinski definition) is 0. The Morgan fingerprint density at radius 1 is 0.405 bits per heavy atom. The van der Waals surface area contributed by atoms with Crippen molar-refractivity contribution in [3.05, 3.63) is 0 Å². The largest absolute Gasteiger partial charge is 0.756 e. The first kappa shape index (κ1) is 73.7. The lowest BCUT2D eigenvalue weighted by molar-refractivity contribution is -0.870. The number of nitrogens with zero attached hydrogens (tertiary/aromatic N) is 1. The number of likely N-dealkylation sites (N-methyl/N-ethyl adjacent to an activating group) is 1. The van der Waals surface area contributed by atoms with E-state index >= 15 is 0 Å². The van der Waals surface area contributed by atoms with Crippen LogP contribution in [0.1, 0.15) is 309 Å². The molecule has 0 aromatic rings. The molecule has 0 heterocycles.